The number of amides is 1. The smallest absolute Gasteiger partial charge is 0.270 e. The van der Waals surface area contributed by atoms with Crippen LogP contribution in [0.5, 0.6) is 0 Å². The minimum absolute atomic E-state index is 0.0409. The largest absolute Gasteiger partial charge is 0.350 e. The third kappa shape index (κ3) is 4.38. The van der Waals surface area contributed by atoms with Crippen LogP contribution in [-0.4, -0.2) is 28.8 Å². The van der Waals surface area contributed by atoms with E-state index in [0.717, 1.165) is 19.5 Å². The van der Waals surface area contributed by atoms with Gasteiger partial charge in [-0.3, -0.25) is 19.8 Å². The van der Waals surface area contributed by atoms with E-state index in [9.17, 15) is 14.9 Å². The first-order chi connectivity index (χ1) is 14.5. The lowest BCUT2D eigenvalue weighted by Gasteiger charge is -2.35. The minimum atomic E-state index is -0.533. The zero-order valence-electron chi connectivity index (χ0n) is 16.1. The summed E-state index contributed by atoms with van der Waals surface area (Å²) in [7, 11) is 0. The molecule has 2 aromatic carbocycles. The number of rotatable bonds is 6. The second-order valence-corrected chi connectivity index (χ2v) is 8.54. The number of carbonyl (C=O) groups is 1. The third-order valence-corrected chi connectivity index (χ3v) is 6.62. The fourth-order valence-corrected chi connectivity index (χ4v) is 4.88. The molecule has 0 aliphatic carbocycles. The van der Waals surface area contributed by atoms with Crippen LogP contribution >= 0.6 is 22.9 Å². The molecular formula is C22H20ClN3O3S. The Labute approximate surface area is 183 Å². The van der Waals surface area contributed by atoms with Crippen molar-refractivity contribution < 1.29 is 9.72 Å². The van der Waals surface area contributed by atoms with E-state index in [0.29, 0.717) is 6.54 Å². The molecule has 0 radical (unpaired) electrons. The highest BCUT2D eigenvalue weighted by Crippen LogP contribution is 2.30. The summed E-state index contributed by atoms with van der Waals surface area (Å²) < 4.78 is 0. The number of nitrogens with zero attached hydrogens (tertiary/aromatic N) is 2. The molecule has 1 aliphatic rings. The summed E-state index contributed by atoms with van der Waals surface area (Å²) in [6.45, 7) is 2.16. The zero-order chi connectivity index (χ0) is 21.1. The second kappa shape index (κ2) is 8.95. The Morgan fingerprint density at radius 2 is 2.00 bits per heavy atom. The summed E-state index contributed by atoms with van der Waals surface area (Å²) in [5, 5.41) is 16.0. The summed E-state index contributed by atoms with van der Waals surface area (Å²) in [4.78, 5) is 26.6. The van der Waals surface area contributed by atoms with Gasteiger partial charge in [0.25, 0.3) is 11.6 Å². The summed E-state index contributed by atoms with van der Waals surface area (Å²) in [5.74, 6) is -0.339. The number of benzene rings is 2. The number of non-ortho nitro benzene ring substituents is 1. The van der Waals surface area contributed by atoms with Crippen LogP contribution in [0.2, 0.25) is 5.02 Å². The number of nitro benzene ring substituents is 1. The van der Waals surface area contributed by atoms with E-state index in [-0.39, 0.29) is 28.2 Å². The van der Waals surface area contributed by atoms with Crippen LogP contribution in [0, 0.1) is 10.1 Å². The molecule has 1 amide bonds. The molecule has 0 bridgehead atoms. The molecule has 1 aliphatic heterocycles. The molecule has 3 aromatic rings. The molecule has 0 spiro atoms. The van der Waals surface area contributed by atoms with Crippen LogP contribution in [0.15, 0.2) is 60.0 Å². The quantitative estimate of drug-likeness (QED) is 0.438. The first-order valence-corrected chi connectivity index (χ1v) is 10.8. The van der Waals surface area contributed by atoms with Crippen molar-refractivity contribution >= 4 is 34.5 Å². The predicted octanol–water partition coefficient (Wildman–Crippen LogP) is 4.84. The fourth-order valence-electron chi connectivity index (χ4n) is 3.76. The van der Waals surface area contributed by atoms with Gasteiger partial charge in [0.1, 0.15) is 0 Å². The maximum atomic E-state index is 12.7. The normalized spacial score (nSPS) is 14.7. The van der Waals surface area contributed by atoms with Gasteiger partial charge in [-0.25, -0.2) is 0 Å². The number of thiophene rings is 1. The fraction of sp³-hybridized carbons (Fsp3) is 0.227. The molecule has 0 saturated heterocycles. The van der Waals surface area contributed by atoms with Gasteiger partial charge in [0.2, 0.25) is 0 Å². The number of hydrogen-bond acceptors (Lipinski definition) is 5. The Balaban J connectivity index is 1.50. The Bertz CT molecular complexity index is 1070. The van der Waals surface area contributed by atoms with Crippen molar-refractivity contribution in [2.75, 3.05) is 13.1 Å². The minimum Gasteiger partial charge on any atom is -0.350 e. The topological polar surface area (TPSA) is 75.5 Å². The maximum absolute atomic E-state index is 12.7. The summed E-state index contributed by atoms with van der Waals surface area (Å²) in [6, 6.07) is 16.5. The highest BCUT2D eigenvalue weighted by Gasteiger charge is 2.26. The number of carbonyl (C=O) groups excluding carboxylic acids is 1. The zero-order valence-corrected chi connectivity index (χ0v) is 17.7. The lowest BCUT2D eigenvalue weighted by atomic mass is 9.98. The van der Waals surface area contributed by atoms with Gasteiger partial charge in [-0.15, -0.1) is 11.3 Å². The average molecular weight is 442 g/mol. The van der Waals surface area contributed by atoms with Crippen molar-refractivity contribution in [1.29, 1.82) is 0 Å². The molecule has 30 heavy (non-hydrogen) atoms. The molecule has 0 unspecified atom stereocenters. The summed E-state index contributed by atoms with van der Waals surface area (Å²) in [6.07, 6.45) is 0.972. The Kier molecular flexibility index (Phi) is 6.13. The first-order valence-electron chi connectivity index (χ1n) is 9.59. The monoisotopic (exact) mass is 441 g/mol. The van der Waals surface area contributed by atoms with Crippen molar-refractivity contribution in [3.63, 3.8) is 0 Å². The van der Waals surface area contributed by atoms with Crippen LogP contribution in [-0.2, 0) is 13.0 Å². The van der Waals surface area contributed by atoms with Crippen LogP contribution in [0.25, 0.3) is 0 Å². The molecule has 6 nitrogen and oxygen atoms in total. The lowest BCUT2D eigenvalue weighted by Crippen LogP contribution is -2.40. The Morgan fingerprint density at radius 1 is 1.20 bits per heavy atom. The first kappa shape index (κ1) is 20.5. The molecule has 1 N–H and O–H groups in total. The second-order valence-electron chi connectivity index (χ2n) is 7.15. The summed E-state index contributed by atoms with van der Waals surface area (Å²) >= 11 is 7.78. The van der Waals surface area contributed by atoms with Crippen molar-refractivity contribution in [1.82, 2.24) is 10.2 Å². The van der Waals surface area contributed by atoms with Crippen molar-refractivity contribution in [2.45, 2.75) is 19.0 Å². The van der Waals surface area contributed by atoms with Crippen LogP contribution in [0.1, 0.15) is 32.4 Å². The highest BCUT2D eigenvalue weighted by molar-refractivity contribution is 7.10. The Morgan fingerprint density at radius 3 is 2.70 bits per heavy atom. The highest BCUT2D eigenvalue weighted by atomic mass is 35.5. The molecule has 1 atom stereocenters. The van der Waals surface area contributed by atoms with Crippen LogP contribution in [0.4, 0.5) is 5.69 Å². The van der Waals surface area contributed by atoms with Gasteiger partial charge in [-0.2, -0.15) is 0 Å². The van der Waals surface area contributed by atoms with Gasteiger partial charge in [-0.1, -0.05) is 41.9 Å². The van der Waals surface area contributed by atoms with E-state index in [1.54, 1.807) is 11.3 Å². The van der Waals surface area contributed by atoms with Crippen molar-refractivity contribution in [3.8, 4) is 0 Å². The van der Waals surface area contributed by atoms with Crippen molar-refractivity contribution in [2.24, 2.45) is 0 Å². The standard InChI is InChI=1S/C22H20ClN3O3S/c23-19-12-17(26(28)29)7-8-18(19)22(27)24-13-20(21-6-3-11-30-21)25-10-9-15-4-1-2-5-16(15)14-25/h1-8,11-12,20H,9-10,13-14H2,(H,24,27)/t20-/m1/s1. The Hall–Kier alpha value is -2.74. The van der Waals surface area contributed by atoms with E-state index in [1.165, 1.54) is 34.2 Å². The van der Waals surface area contributed by atoms with Gasteiger partial charge >= 0.3 is 0 Å². The number of halogens is 1. The van der Waals surface area contributed by atoms with Gasteiger partial charge in [0.05, 0.1) is 21.6 Å². The maximum Gasteiger partial charge on any atom is 0.270 e. The molecule has 8 heteroatoms. The molecular weight excluding hydrogens is 422 g/mol. The van der Waals surface area contributed by atoms with E-state index in [4.69, 9.17) is 11.6 Å². The van der Waals surface area contributed by atoms with E-state index in [1.807, 2.05) is 11.4 Å². The molecule has 1 aromatic heterocycles. The SMILES string of the molecule is O=C(NC[C@H](c1cccs1)N1CCc2ccccc2C1)c1ccc([N+](=O)[O-])cc1Cl. The average Bonchev–Trinajstić information content (AvgIpc) is 3.28. The molecule has 0 saturated carbocycles. The lowest BCUT2D eigenvalue weighted by molar-refractivity contribution is -0.384. The van der Waals surface area contributed by atoms with E-state index < -0.39 is 4.92 Å². The third-order valence-electron chi connectivity index (χ3n) is 5.34. The number of nitro groups is 1. The number of fused-ring (bicyclic) bond motifs is 1. The van der Waals surface area contributed by atoms with Gasteiger partial charge in [0.15, 0.2) is 0 Å². The predicted molar refractivity (Wildman–Crippen MR) is 118 cm³/mol. The van der Waals surface area contributed by atoms with E-state index >= 15 is 0 Å². The van der Waals surface area contributed by atoms with Gasteiger partial charge in [-0.05, 0) is 35.1 Å². The molecule has 4 rings (SSSR count). The number of nitrogens with one attached hydrogen (secondary N) is 1. The van der Waals surface area contributed by atoms with Gasteiger partial charge < -0.3 is 5.32 Å². The summed E-state index contributed by atoms with van der Waals surface area (Å²) in [5.41, 5.74) is 2.78. The van der Waals surface area contributed by atoms with Crippen LogP contribution in [0.3, 0.4) is 0 Å². The van der Waals surface area contributed by atoms with Gasteiger partial charge in [0, 0.05) is 36.6 Å². The molecule has 0 fully saturated rings. The molecule has 2 heterocycles. The number of hydrogen-bond donors (Lipinski definition) is 1. The van der Waals surface area contributed by atoms with Crippen molar-refractivity contribution in [3.05, 3.63) is 96.7 Å². The van der Waals surface area contributed by atoms with E-state index in [2.05, 4.69) is 40.5 Å². The molecule has 154 valence electrons. The van der Waals surface area contributed by atoms with Crippen LogP contribution < -0.4 is 5.32 Å².